The van der Waals surface area contributed by atoms with Crippen molar-refractivity contribution < 1.29 is 9.53 Å². The highest BCUT2D eigenvalue weighted by molar-refractivity contribution is 5.72. The Bertz CT molecular complexity index is 203. The topological polar surface area (TPSA) is 52.3 Å². The average Bonchev–Trinajstić information content (AvgIpc) is 2.42. The van der Waals surface area contributed by atoms with Gasteiger partial charge in [0.2, 0.25) is 0 Å². The summed E-state index contributed by atoms with van der Waals surface area (Å²) in [5.74, 6) is 1.23. The molecule has 0 aromatic heterocycles. The molecule has 0 aliphatic heterocycles. The molecule has 2 N–H and O–H groups in total. The first-order valence-electron chi connectivity index (χ1n) is 5.05. The summed E-state index contributed by atoms with van der Waals surface area (Å²) in [5.41, 5.74) is 6.04. The second kappa shape index (κ2) is 3.29. The minimum absolute atomic E-state index is 0.0381. The number of esters is 1. The fourth-order valence-corrected chi connectivity index (χ4v) is 2.93. The molecule has 2 saturated carbocycles. The van der Waals surface area contributed by atoms with Crippen molar-refractivity contribution in [2.45, 2.75) is 31.7 Å². The second-order valence-electron chi connectivity index (χ2n) is 4.37. The number of hydrogen-bond acceptors (Lipinski definition) is 3. The van der Waals surface area contributed by atoms with Crippen LogP contribution in [0.2, 0.25) is 0 Å². The van der Waals surface area contributed by atoms with Crippen LogP contribution in [0.4, 0.5) is 0 Å². The van der Waals surface area contributed by atoms with Crippen molar-refractivity contribution >= 4 is 5.97 Å². The van der Waals surface area contributed by atoms with Crippen molar-refractivity contribution in [1.82, 2.24) is 0 Å². The molecule has 2 rings (SSSR count). The van der Waals surface area contributed by atoms with Gasteiger partial charge in [0, 0.05) is 6.04 Å². The summed E-state index contributed by atoms with van der Waals surface area (Å²) in [7, 11) is 1.47. The van der Waals surface area contributed by atoms with E-state index in [0.717, 1.165) is 12.8 Å². The summed E-state index contributed by atoms with van der Waals surface area (Å²) >= 11 is 0. The van der Waals surface area contributed by atoms with Gasteiger partial charge in [-0.15, -0.1) is 0 Å². The molecule has 13 heavy (non-hydrogen) atoms. The number of nitrogens with two attached hydrogens (primary N) is 1. The van der Waals surface area contributed by atoms with Gasteiger partial charge < -0.3 is 10.5 Å². The van der Waals surface area contributed by atoms with E-state index in [2.05, 4.69) is 0 Å². The van der Waals surface area contributed by atoms with Crippen LogP contribution in [0.3, 0.4) is 0 Å². The van der Waals surface area contributed by atoms with E-state index in [9.17, 15) is 4.79 Å². The van der Waals surface area contributed by atoms with Crippen LogP contribution in [-0.2, 0) is 9.53 Å². The molecule has 0 aromatic rings. The monoisotopic (exact) mass is 183 g/mol. The van der Waals surface area contributed by atoms with Crippen LogP contribution in [0.25, 0.3) is 0 Å². The highest BCUT2D eigenvalue weighted by Gasteiger charge is 2.43. The Morgan fingerprint density at radius 2 is 1.85 bits per heavy atom. The molecule has 4 atom stereocenters. The van der Waals surface area contributed by atoms with E-state index in [-0.39, 0.29) is 11.9 Å². The largest absolute Gasteiger partial charge is 0.469 e. The second-order valence-corrected chi connectivity index (χ2v) is 4.37. The summed E-state index contributed by atoms with van der Waals surface area (Å²) in [6, 6.07) is 0.348. The lowest BCUT2D eigenvalue weighted by atomic mass is 9.78. The van der Waals surface area contributed by atoms with Crippen molar-refractivity contribution in [2.24, 2.45) is 23.5 Å². The Hall–Kier alpha value is -0.570. The van der Waals surface area contributed by atoms with Crippen LogP contribution in [0, 0.1) is 17.8 Å². The number of methoxy groups -OCH3 is 1. The first-order chi connectivity index (χ1) is 6.22. The van der Waals surface area contributed by atoms with E-state index >= 15 is 0 Å². The van der Waals surface area contributed by atoms with E-state index in [0.29, 0.717) is 17.9 Å². The van der Waals surface area contributed by atoms with Crippen LogP contribution < -0.4 is 5.73 Å². The number of fused-ring (bicyclic) bond motifs is 2. The molecule has 2 fully saturated rings. The van der Waals surface area contributed by atoms with Crippen LogP contribution in [0.1, 0.15) is 25.7 Å². The summed E-state index contributed by atoms with van der Waals surface area (Å²) in [5, 5.41) is 0. The van der Waals surface area contributed by atoms with Crippen molar-refractivity contribution in [3.05, 3.63) is 0 Å². The highest BCUT2D eigenvalue weighted by Crippen LogP contribution is 2.44. The molecule has 2 aliphatic rings. The molecule has 0 saturated heterocycles. The maximum Gasteiger partial charge on any atom is 0.308 e. The molecule has 2 bridgehead atoms. The Balaban J connectivity index is 2.02. The third-order valence-electron chi connectivity index (χ3n) is 3.71. The lowest BCUT2D eigenvalue weighted by Crippen LogP contribution is -2.39. The minimum Gasteiger partial charge on any atom is -0.469 e. The molecule has 3 nitrogen and oxygen atoms in total. The predicted molar refractivity (Wildman–Crippen MR) is 48.9 cm³/mol. The maximum absolute atomic E-state index is 11.3. The molecule has 0 aromatic carbocycles. The van der Waals surface area contributed by atoms with Crippen molar-refractivity contribution in [1.29, 1.82) is 0 Å². The summed E-state index contributed by atoms with van der Waals surface area (Å²) < 4.78 is 4.77. The number of ether oxygens (including phenoxy) is 1. The van der Waals surface area contributed by atoms with Gasteiger partial charge in [-0.25, -0.2) is 0 Å². The van der Waals surface area contributed by atoms with Gasteiger partial charge in [0.15, 0.2) is 0 Å². The van der Waals surface area contributed by atoms with Gasteiger partial charge in [0.05, 0.1) is 13.0 Å². The molecule has 74 valence electrons. The Morgan fingerprint density at radius 1 is 1.31 bits per heavy atom. The average molecular weight is 183 g/mol. The van der Waals surface area contributed by atoms with Gasteiger partial charge in [0.25, 0.3) is 0 Å². The highest BCUT2D eigenvalue weighted by atomic mass is 16.5. The standard InChI is InChI=1S/C10H17NO2/c1-13-10(12)8-4-6-2-3-7(5-8)9(6)11/h6-9H,2-5,11H2,1H3/t6-,7+,8?,9?. The zero-order valence-electron chi connectivity index (χ0n) is 8.03. The van der Waals surface area contributed by atoms with E-state index in [1.807, 2.05) is 0 Å². The molecule has 3 heteroatoms. The van der Waals surface area contributed by atoms with Crippen LogP contribution in [0.5, 0.6) is 0 Å². The third-order valence-corrected chi connectivity index (χ3v) is 3.71. The summed E-state index contributed by atoms with van der Waals surface area (Å²) in [6.07, 6.45) is 4.31. The molecule has 0 amide bonds. The number of rotatable bonds is 1. The first kappa shape index (κ1) is 9.00. The lowest BCUT2D eigenvalue weighted by Gasteiger charge is -2.31. The molecule has 2 aliphatic carbocycles. The molecule has 0 radical (unpaired) electrons. The zero-order valence-corrected chi connectivity index (χ0v) is 8.03. The van der Waals surface area contributed by atoms with Crippen LogP contribution >= 0.6 is 0 Å². The van der Waals surface area contributed by atoms with Crippen molar-refractivity contribution in [3.63, 3.8) is 0 Å². The first-order valence-corrected chi connectivity index (χ1v) is 5.05. The van der Waals surface area contributed by atoms with Gasteiger partial charge in [-0.3, -0.25) is 4.79 Å². The van der Waals surface area contributed by atoms with E-state index < -0.39 is 0 Å². The Morgan fingerprint density at radius 3 is 2.31 bits per heavy atom. The summed E-state index contributed by atoms with van der Waals surface area (Å²) in [6.45, 7) is 0. The van der Waals surface area contributed by atoms with E-state index in [1.165, 1.54) is 20.0 Å². The van der Waals surface area contributed by atoms with E-state index in [1.54, 1.807) is 0 Å². The molecular formula is C10H17NO2. The smallest absolute Gasteiger partial charge is 0.308 e. The normalized spacial score (nSPS) is 43.2. The quantitative estimate of drug-likeness (QED) is 0.615. The van der Waals surface area contributed by atoms with Crippen molar-refractivity contribution in [3.8, 4) is 0 Å². The fourth-order valence-electron chi connectivity index (χ4n) is 2.93. The van der Waals surface area contributed by atoms with Crippen LogP contribution in [-0.4, -0.2) is 19.1 Å². The van der Waals surface area contributed by atoms with Crippen LogP contribution in [0.15, 0.2) is 0 Å². The van der Waals surface area contributed by atoms with Gasteiger partial charge in [-0.1, -0.05) is 0 Å². The zero-order chi connectivity index (χ0) is 9.42. The molecule has 2 unspecified atom stereocenters. The minimum atomic E-state index is -0.0381. The molecule has 0 spiro atoms. The third kappa shape index (κ3) is 1.46. The number of hydrogen-bond donors (Lipinski definition) is 1. The summed E-state index contributed by atoms with van der Waals surface area (Å²) in [4.78, 5) is 11.3. The lowest BCUT2D eigenvalue weighted by molar-refractivity contribution is -0.147. The predicted octanol–water partition coefficient (Wildman–Crippen LogP) is 0.923. The van der Waals surface area contributed by atoms with Gasteiger partial charge >= 0.3 is 5.97 Å². The van der Waals surface area contributed by atoms with Crippen molar-refractivity contribution in [2.75, 3.05) is 7.11 Å². The number of carbonyl (C=O) groups is 1. The molecule has 0 heterocycles. The van der Waals surface area contributed by atoms with Gasteiger partial charge in [0.1, 0.15) is 0 Å². The van der Waals surface area contributed by atoms with E-state index in [4.69, 9.17) is 10.5 Å². The Labute approximate surface area is 78.6 Å². The fraction of sp³-hybridized carbons (Fsp3) is 0.900. The van der Waals surface area contributed by atoms with Gasteiger partial charge in [-0.05, 0) is 37.5 Å². The maximum atomic E-state index is 11.3. The number of carbonyl (C=O) groups excluding carboxylic acids is 1. The SMILES string of the molecule is COC(=O)C1C[C@H]2CC[C@@H](C1)C2N. The molecular weight excluding hydrogens is 166 g/mol. The van der Waals surface area contributed by atoms with Gasteiger partial charge in [-0.2, -0.15) is 0 Å². The Kier molecular flexibility index (Phi) is 2.28.